The van der Waals surface area contributed by atoms with Crippen LogP contribution in [0.2, 0.25) is 0 Å². The molecular weight excluding hydrogens is 196 g/mol. The molecule has 0 spiro atoms. The molecule has 0 aromatic carbocycles. The highest BCUT2D eigenvalue weighted by atomic mass is 32.2. The number of hydrogen-bond donors (Lipinski definition) is 0. The largest absolute Gasteiger partial charge is 0.268 e. The number of hydrogen-bond acceptors (Lipinski definition) is 5. The van der Waals surface area contributed by atoms with E-state index < -0.39 is 9.84 Å². The van der Waals surface area contributed by atoms with Gasteiger partial charge >= 0.3 is 0 Å². The summed E-state index contributed by atoms with van der Waals surface area (Å²) in [5, 5.41) is 7.06. The zero-order valence-electron chi connectivity index (χ0n) is 6.73. The van der Waals surface area contributed by atoms with Crippen molar-refractivity contribution in [2.24, 2.45) is 5.10 Å². The Morgan fingerprint density at radius 2 is 2.42 bits per heavy atom. The van der Waals surface area contributed by atoms with Crippen LogP contribution >= 0.6 is 11.8 Å². The van der Waals surface area contributed by atoms with Gasteiger partial charge in [-0.05, 0) is 13.3 Å². The molecule has 12 heavy (non-hydrogen) atoms. The number of sulfone groups is 1. The van der Waals surface area contributed by atoms with Crippen LogP contribution in [-0.2, 0) is 9.84 Å². The first-order valence-corrected chi connectivity index (χ1v) is 6.46. The third-order valence-corrected chi connectivity index (χ3v) is 4.60. The van der Waals surface area contributed by atoms with Crippen LogP contribution in [0.1, 0.15) is 13.3 Å². The van der Waals surface area contributed by atoms with Gasteiger partial charge in [-0.1, -0.05) is 11.8 Å². The molecule has 1 unspecified atom stereocenters. The molecule has 0 aliphatic carbocycles. The topological polar surface area (TPSA) is 49.7 Å². The molecule has 68 valence electrons. The quantitative estimate of drug-likeness (QED) is 0.578. The molecule has 0 aromatic rings. The Bertz CT molecular complexity index is 322. The average Bonchev–Trinajstić information content (AvgIpc) is 2.26. The van der Waals surface area contributed by atoms with Crippen molar-refractivity contribution in [2.75, 3.05) is 11.6 Å². The normalized spacial score (nSPS) is 32.9. The fourth-order valence-electron chi connectivity index (χ4n) is 1.39. The van der Waals surface area contributed by atoms with E-state index in [0.29, 0.717) is 12.2 Å². The molecule has 1 fully saturated rings. The third kappa shape index (κ3) is 1.45. The van der Waals surface area contributed by atoms with E-state index in [9.17, 15) is 8.42 Å². The lowest BCUT2D eigenvalue weighted by Gasteiger charge is -2.26. The molecule has 6 heteroatoms. The first-order valence-electron chi connectivity index (χ1n) is 3.76. The fourth-order valence-corrected chi connectivity index (χ4v) is 4.01. The van der Waals surface area contributed by atoms with E-state index in [1.54, 1.807) is 16.8 Å². The molecule has 2 aliphatic heterocycles. The van der Waals surface area contributed by atoms with Gasteiger partial charge in [-0.15, -0.1) is 0 Å². The van der Waals surface area contributed by atoms with Gasteiger partial charge in [-0.3, -0.25) is 5.01 Å². The summed E-state index contributed by atoms with van der Waals surface area (Å²) in [5.74, 6) is 0.409. The summed E-state index contributed by atoms with van der Waals surface area (Å²) in [7, 11) is -2.85. The predicted octanol–water partition coefficient (Wildman–Crippen LogP) is 0.471. The summed E-state index contributed by atoms with van der Waals surface area (Å²) in [6.45, 7) is 1.91. The molecule has 0 amide bonds. The maximum atomic E-state index is 11.2. The summed E-state index contributed by atoms with van der Waals surface area (Å²) in [6, 6.07) is 0. The fraction of sp³-hybridized carbons (Fsp3) is 0.833. The van der Waals surface area contributed by atoms with Crippen LogP contribution in [0, 0.1) is 0 Å². The number of thioether (sulfide) groups is 1. The zero-order chi connectivity index (χ0) is 8.77. The lowest BCUT2D eigenvalue weighted by atomic mass is 10.5. The minimum atomic E-state index is -2.85. The lowest BCUT2D eigenvalue weighted by molar-refractivity contribution is 0.300. The van der Waals surface area contributed by atoms with E-state index >= 15 is 0 Å². The third-order valence-electron chi connectivity index (χ3n) is 1.91. The van der Waals surface area contributed by atoms with Crippen molar-refractivity contribution in [1.29, 1.82) is 0 Å². The highest BCUT2D eigenvalue weighted by Gasteiger charge is 2.34. The lowest BCUT2D eigenvalue weighted by Crippen LogP contribution is -2.38. The number of rotatable bonds is 0. The Balaban J connectivity index is 2.20. The van der Waals surface area contributed by atoms with Crippen molar-refractivity contribution in [3.05, 3.63) is 0 Å². The summed E-state index contributed by atoms with van der Waals surface area (Å²) < 4.78 is 22.4. The van der Waals surface area contributed by atoms with Crippen LogP contribution in [0.3, 0.4) is 0 Å². The second kappa shape index (κ2) is 2.63. The molecule has 0 radical (unpaired) electrons. The Hall–Kier alpha value is -0.230. The molecule has 4 nitrogen and oxygen atoms in total. The van der Waals surface area contributed by atoms with Gasteiger partial charge in [0.2, 0.25) is 0 Å². The van der Waals surface area contributed by atoms with Crippen molar-refractivity contribution < 1.29 is 8.42 Å². The smallest absolute Gasteiger partial charge is 0.170 e. The SMILES string of the molecule is CC1=NN2CS(=O)(=O)CCC2S1. The van der Waals surface area contributed by atoms with Crippen molar-refractivity contribution in [2.45, 2.75) is 18.7 Å². The second-order valence-electron chi connectivity index (χ2n) is 3.00. The van der Waals surface area contributed by atoms with Crippen LogP contribution < -0.4 is 0 Å². The van der Waals surface area contributed by atoms with Crippen LogP contribution in [-0.4, -0.2) is 35.5 Å². The van der Waals surface area contributed by atoms with Crippen molar-refractivity contribution in [1.82, 2.24) is 5.01 Å². The molecule has 1 saturated heterocycles. The monoisotopic (exact) mass is 206 g/mol. The number of nitrogens with zero attached hydrogens (tertiary/aromatic N) is 2. The van der Waals surface area contributed by atoms with E-state index in [0.717, 1.165) is 5.04 Å². The Labute approximate surface area is 75.9 Å². The van der Waals surface area contributed by atoms with Gasteiger partial charge in [0.15, 0.2) is 9.84 Å². The van der Waals surface area contributed by atoms with Crippen molar-refractivity contribution >= 4 is 26.6 Å². The zero-order valence-corrected chi connectivity index (χ0v) is 8.36. The van der Waals surface area contributed by atoms with E-state index in [1.807, 2.05) is 6.92 Å². The van der Waals surface area contributed by atoms with Gasteiger partial charge in [0, 0.05) is 0 Å². The van der Waals surface area contributed by atoms with Crippen LogP contribution in [0.5, 0.6) is 0 Å². The van der Waals surface area contributed by atoms with Crippen LogP contribution in [0.15, 0.2) is 5.10 Å². The molecule has 2 rings (SSSR count). The molecular formula is C6H10N2O2S2. The molecule has 1 atom stereocenters. The Kier molecular flexibility index (Phi) is 1.84. The number of fused-ring (bicyclic) bond motifs is 1. The molecule has 0 N–H and O–H groups in total. The van der Waals surface area contributed by atoms with Crippen molar-refractivity contribution in [3.63, 3.8) is 0 Å². The second-order valence-corrected chi connectivity index (χ2v) is 6.52. The maximum Gasteiger partial charge on any atom is 0.170 e. The van der Waals surface area contributed by atoms with Crippen LogP contribution in [0.4, 0.5) is 0 Å². The molecule has 2 aliphatic rings. The summed E-state index contributed by atoms with van der Waals surface area (Å²) >= 11 is 1.66. The van der Waals surface area contributed by atoms with Gasteiger partial charge < -0.3 is 0 Å². The van der Waals surface area contributed by atoms with E-state index in [-0.39, 0.29) is 11.3 Å². The maximum absolute atomic E-state index is 11.2. The highest BCUT2D eigenvalue weighted by molar-refractivity contribution is 8.14. The minimum Gasteiger partial charge on any atom is -0.268 e. The first-order chi connectivity index (χ1) is 5.57. The molecule has 0 aromatic heterocycles. The summed E-state index contributed by atoms with van der Waals surface area (Å²) in [6.07, 6.45) is 0.702. The van der Waals surface area contributed by atoms with E-state index in [1.165, 1.54) is 0 Å². The predicted molar refractivity (Wildman–Crippen MR) is 49.6 cm³/mol. The Morgan fingerprint density at radius 3 is 3.17 bits per heavy atom. The number of hydrazone groups is 1. The minimum absolute atomic E-state index is 0.0992. The standard InChI is InChI=1S/C6H10N2O2S2/c1-5-7-8-4-12(9,10)3-2-6(8)11-5/h6H,2-4H2,1H3. The molecule has 2 heterocycles. The van der Waals surface area contributed by atoms with E-state index in [4.69, 9.17) is 0 Å². The van der Waals surface area contributed by atoms with Crippen molar-refractivity contribution in [3.8, 4) is 0 Å². The highest BCUT2D eigenvalue weighted by Crippen LogP contribution is 2.31. The van der Waals surface area contributed by atoms with Gasteiger partial charge in [0.05, 0.1) is 10.8 Å². The van der Waals surface area contributed by atoms with Gasteiger partial charge in [0.25, 0.3) is 0 Å². The molecule has 0 saturated carbocycles. The Morgan fingerprint density at radius 1 is 1.67 bits per heavy atom. The van der Waals surface area contributed by atoms with E-state index in [2.05, 4.69) is 5.10 Å². The average molecular weight is 206 g/mol. The summed E-state index contributed by atoms with van der Waals surface area (Å²) in [5.41, 5.74) is 0. The van der Waals surface area contributed by atoms with Gasteiger partial charge in [-0.2, -0.15) is 5.10 Å². The molecule has 0 bridgehead atoms. The summed E-state index contributed by atoms with van der Waals surface area (Å²) in [4.78, 5) is 0. The van der Waals surface area contributed by atoms with Crippen LogP contribution in [0.25, 0.3) is 0 Å². The van der Waals surface area contributed by atoms with Gasteiger partial charge in [-0.25, -0.2) is 8.42 Å². The first kappa shape index (κ1) is 8.37. The van der Waals surface area contributed by atoms with Gasteiger partial charge in [0.1, 0.15) is 11.3 Å².